The van der Waals surface area contributed by atoms with Gasteiger partial charge in [-0.25, -0.2) is 4.39 Å². The van der Waals surface area contributed by atoms with Gasteiger partial charge in [-0.15, -0.1) is 0 Å². The highest BCUT2D eigenvalue weighted by Crippen LogP contribution is 2.41. The quantitative estimate of drug-likeness (QED) is 0.605. The average molecular weight is 183 g/mol. The Morgan fingerprint density at radius 1 is 1.77 bits per heavy atom. The van der Waals surface area contributed by atoms with Crippen LogP contribution in [0.2, 0.25) is 0 Å². The van der Waals surface area contributed by atoms with Crippen LogP contribution in [-0.4, -0.2) is 17.0 Å². The molecule has 0 aromatic carbocycles. The molecule has 0 radical (unpaired) electrons. The zero-order valence-electron chi connectivity index (χ0n) is 7.68. The van der Waals surface area contributed by atoms with E-state index in [0.29, 0.717) is 19.3 Å². The Kier molecular flexibility index (Phi) is 1.91. The highest BCUT2D eigenvalue weighted by Gasteiger charge is 2.39. The van der Waals surface area contributed by atoms with E-state index in [1.54, 1.807) is 12.3 Å². The number of aliphatic hydroxyl groups is 1. The van der Waals surface area contributed by atoms with Gasteiger partial charge in [0.25, 0.3) is 0 Å². The third-order valence-corrected chi connectivity index (χ3v) is 3.04. The molecule has 72 valence electrons. The molecule has 2 rings (SSSR count). The fourth-order valence-electron chi connectivity index (χ4n) is 2.12. The molecule has 0 aromatic heterocycles. The van der Waals surface area contributed by atoms with E-state index in [4.69, 9.17) is 0 Å². The Morgan fingerprint density at radius 3 is 3.23 bits per heavy atom. The number of rotatable bonds is 1. The molecule has 0 spiro atoms. The van der Waals surface area contributed by atoms with E-state index in [1.807, 2.05) is 6.92 Å². The Morgan fingerprint density at radius 2 is 2.54 bits per heavy atom. The first-order chi connectivity index (χ1) is 6.17. The van der Waals surface area contributed by atoms with Gasteiger partial charge in [0.15, 0.2) is 6.30 Å². The molecule has 2 nitrogen and oxygen atoms in total. The van der Waals surface area contributed by atoms with E-state index in [0.717, 1.165) is 11.1 Å². The van der Waals surface area contributed by atoms with Crippen molar-refractivity contribution >= 4 is 0 Å². The van der Waals surface area contributed by atoms with Crippen molar-refractivity contribution in [1.82, 2.24) is 5.32 Å². The summed E-state index contributed by atoms with van der Waals surface area (Å²) in [6, 6.07) is 0. The van der Waals surface area contributed by atoms with Gasteiger partial charge in [-0.3, -0.25) is 0 Å². The standard InChI is InChI=1S/C10H14FNO/c1-2-10(13)5-3-7-8(10)4-6-12-9(7)11/h4,6,9,12-13H,2-3,5H2,1H3. The fraction of sp³-hybridized carbons (Fsp3) is 0.600. The van der Waals surface area contributed by atoms with E-state index >= 15 is 0 Å². The smallest absolute Gasteiger partial charge is 0.192 e. The lowest BCUT2D eigenvalue weighted by Gasteiger charge is -2.25. The topological polar surface area (TPSA) is 32.3 Å². The van der Waals surface area contributed by atoms with Crippen LogP contribution in [0.25, 0.3) is 0 Å². The Bertz CT molecular complexity index is 285. The molecule has 2 atom stereocenters. The largest absolute Gasteiger partial charge is 0.385 e. The molecule has 0 aromatic rings. The van der Waals surface area contributed by atoms with Crippen LogP contribution < -0.4 is 5.32 Å². The van der Waals surface area contributed by atoms with Crippen LogP contribution >= 0.6 is 0 Å². The van der Waals surface area contributed by atoms with Gasteiger partial charge in [0.05, 0.1) is 5.60 Å². The number of halogens is 1. The predicted octanol–water partition coefficient (Wildman–Crippen LogP) is 1.63. The first kappa shape index (κ1) is 8.75. The lowest BCUT2D eigenvalue weighted by atomic mass is 9.91. The van der Waals surface area contributed by atoms with Crippen molar-refractivity contribution in [3.05, 3.63) is 23.4 Å². The summed E-state index contributed by atoms with van der Waals surface area (Å²) in [5, 5.41) is 12.7. The van der Waals surface area contributed by atoms with Gasteiger partial charge in [0.2, 0.25) is 0 Å². The van der Waals surface area contributed by atoms with Crippen molar-refractivity contribution in [2.45, 2.75) is 38.1 Å². The molecular formula is C10H14FNO. The summed E-state index contributed by atoms with van der Waals surface area (Å²) >= 11 is 0. The van der Waals surface area contributed by atoms with E-state index < -0.39 is 11.9 Å². The summed E-state index contributed by atoms with van der Waals surface area (Å²) in [4.78, 5) is 0. The van der Waals surface area contributed by atoms with Crippen LogP contribution in [0.4, 0.5) is 4.39 Å². The summed E-state index contributed by atoms with van der Waals surface area (Å²) in [5.74, 6) is 0. The molecule has 0 saturated heterocycles. The SMILES string of the molecule is CCC1(O)CCC2=C1C=CNC2F. The molecule has 1 aliphatic heterocycles. The van der Waals surface area contributed by atoms with Gasteiger partial charge in [-0.1, -0.05) is 6.92 Å². The highest BCUT2D eigenvalue weighted by atomic mass is 19.1. The molecule has 0 bridgehead atoms. The van der Waals surface area contributed by atoms with Gasteiger partial charge < -0.3 is 10.4 Å². The Labute approximate surface area is 77.1 Å². The summed E-state index contributed by atoms with van der Waals surface area (Å²) in [6.45, 7) is 1.93. The van der Waals surface area contributed by atoms with Gasteiger partial charge in [-0.05, 0) is 42.7 Å². The number of nitrogens with one attached hydrogen (secondary N) is 1. The minimum absolute atomic E-state index is 0.653. The summed E-state index contributed by atoms with van der Waals surface area (Å²) < 4.78 is 13.3. The Balaban J connectivity index is 2.37. The monoisotopic (exact) mass is 183 g/mol. The lowest BCUT2D eigenvalue weighted by molar-refractivity contribution is 0.0785. The fourth-order valence-corrected chi connectivity index (χ4v) is 2.12. The molecule has 1 aliphatic carbocycles. The molecule has 1 heterocycles. The second kappa shape index (κ2) is 2.84. The maximum atomic E-state index is 13.3. The number of dihydropyridines is 1. The van der Waals surface area contributed by atoms with Gasteiger partial charge >= 0.3 is 0 Å². The maximum absolute atomic E-state index is 13.3. The van der Waals surface area contributed by atoms with Crippen molar-refractivity contribution in [2.24, 2.45) is 0 Å². The maximum Gasteiger partial charge on any atom is 0.192 e. The van der Waals surface area contributed by atoms with Crippen molar-refractivity contribution < 1.29 is 9.50 Å². The molecule has 3 heteroatoms. The second-order valence-corrected chi connectivity index (χ2v) is 3.69. The lowest BCUT2D eigenvalue weighted by Crippen LogP contribution is -2.30. The zero-order chi connectivity index (χ0) is 9.47. The summed E-state index contributed by atoms with van der Waals surface area (Å²) in [5.41, 5.74) is 0.742. The van der Waals surface area contributed by atoms with Crippen LogP contribution in [0.5, 0.6) is 0 Å². The average Bonchev–Trinajstić information content (AvgIpc) is 2.47. The van der Waals surface area contributed by atoms with Gasteiger partial charge in [-0.2, -0.15) is 0 Å². The van der Waals surface area contributed by atoms with Crippen molar-refractivity contribution in [1.29, 1.82) is 0 Å². The molecule has 2 unspecified atom stereocenters. The minimum atomic E-state index is -1.10. The van der Waals surface area contributed by atoms with E-state index in [2.05, 4.69) is 5.32 Å². The molecular weight excluding hydrogens is 169 g/mol. The number of hydrogen-bond acceptors (Lipinski definition) is 2. The van der Waals surface area contributed by atoms with Gasteiger partial charge in [0, 0.05) is 0 Å². The van der Waals surface area contributed by atoms with Crippen LogP contribution in [0.15, 0.2) is 23.4 Å². The van der Waals surface area contributed by atoms with Crippen molar-refractivity contribution in [3.8, 4) is 0 Å². The Hall–Kier alpha value is -0.830. The highest BCUT2D eigenvalue weighted by molar-refractivity contribution is 5.42. The number of hydrogen-bond donors (Lipinski definition) is 2. The van der Waals surface area contributed by atoms with Crippen LogP contribution in [-0.2, 0) is 0 Å². The summed E-state index contributed by atoms with van der Waals surface area (Å²) in [6.07, 6.45) is 4.25. The molecule has 0 fully saturated rings. The molecule has 13 heavy (non-hydrogen) atoms. The van der Waals surface area contributed by atoms with Gasteiger partial charge in [0.1, 0.15) is 0 Å². The molecule has 2 aliphatic rings. The van der Waals surface area contributed by atoms with E-state index in [-0.39, 0.29) is 0 Å². The predicted molar refractivity (Wildman–Crippen MR) is 48.7 cm³/mol. The number of alkyl halides is 1. The third kappa shape index (κ3) is 1.18. The molecule has 0 amide bonds. The van der Waals surface area contributed by atoms with E-state index in [1.165, 1.54) is 0 Å². The van der Waals surface area contributed by atoms with Crippen LogP contribution in [0.3, 0.4) is 0 Å². The first-order valence-electron chi connectivity index (χ1n) is 4.70. The molecule has 2 N–H and O–H groups in total. The summed E-state index contributed by atoms with van der Waals surface area (Å²) in [7, 11) is 0. The van der Waals surface area contributed by atoms with Crippen molar-refractivity contribution in [3.63, 3.8) is 0 Å². The van der Waals surface area contributed by atoms with Crippen molar-refractivity contribution in [2.75, 3.05) is 0 Å². The first-order valence-corrected chi connectivity index (χ1v) is 4.70. The van der Waals surface area contributed by atoms with Crippen LogP contribution in [0, 0.1) is 0 Å². The molecule has 0 saturated carbocycles. The van der Waals surface area contributed by atoms with Crippen LogP contribution in [0.1, 0.15) is 26.2 Å². The zero-order valence-corrected chi connectivity index (χ0v) is 7.68. The second-order valence-electron chi connectivity index (χ2n) is 3.69. The normalized spacial score (nSPS) is 37.6. The minimum Gasteiger partial charge on any atom is -0.385 e. The van der Waals surface area contributed by atoms with E-state index in [9.17, 15) is 9.50 Å². The third-order valence-electron chi connectivity index (χ3n) is 3.04.